The van der Waals surface area contributed by atoms with Gasteiger partial charge in [0.05, 0.1) is 11.9 Å². The van der Waals surface area contributed by atoms with Crippen molar-refractivity contribution in [2.75, 3.05) is 0 Å². The highest BCUT2D eigenvalue weighted by Gasteiger charge is 2.11. The van der Waals surface area contributed by atoms with E-state index in [4.69, 9.17) is 0 Å². The van der Waals surface area contributed by atoms with Crippen molar-refractivity contribution in [3.8, 4) is 22.6 Å². The normalized spacial score (nSPS) is 10.6. The van der Waals surface area contributed by atoms with Gasteiger partial charge in [0.2, 0.25) is 0 Å². The van der Waals surface area contributed by atoms with E-state index in [2.05, 4.69) is 5.10 Å². The lowest BCUT2D eigenvalue weighted by atomic mass is 10.0. The second-order valence-electron chi connectivity index (χ2n) is 5.23. The van der Waals surface area contributed by atoms with Gasteiger partial charge < -0.3 is 5.11 Å². The van der Waals surface area contributed by atoms with E-state index >= 15 is 0 Å². The zero-order valence-electron chi connectivity index (χ0n) is 12.4. The number of hydrogen-bond donors (Lipinski definition) is 1. The Morgan fingerprint density at radius 1 is 1.05 bits per heavy atom. The molecule has 0 fully saturated rings. The van der Waals surface area contributed by atoms with Crippen molar-refractivity contribution >= 4 is 0 Å². The summed E-state index contributed by atoms with van der Waals surface area (Å²) in [6.45, 7) is 3.79. The number of hydrogen-bond acceptors (Lipinski definition) is 3. The summed E-state index contributed by atoms with van der Waals surface area (Å²) in [5.41, 5.74) is 3.52. The van der Waals surface area contributed by atoms with Crippen molar-refractivity contribution < 1.29 is 5.11 Å². The quantitative estimate of drug-likeness (QED) is 0.789. The van der Waals surface area contributed by atoms with Crippen molar-refractivity contribution in [3.05, 3.63) is 76.2 Å². The van der Waals surface area contributed by atoms with Gasteiger partial charge in [0.1, 0.15) is 5.75 Å². The van der Waals surface area contributed by atoms with Crippen molar-refractivity contribution in [2.45, 2.75) is 13.8 Å². The molecule has 0 bridgehead atoms. The van der Waals surface area contributed by atoms with Crippen LogP contribution in [0.1, 0.15) is 11.1 Å². The van der Waals surface area contributed by atoms with Crippen LogP contribution < -0.4 is 5.56 Å². The zero-order valence-corrected chi connectivity index (χ0v) is 12.4. The van der Waals surface area contributed by atoms with Crippen LogP contribution in [-0.4, -0.2) is 14.9 Å². The first-order valence-corrected chi connectivity index (χ1v) is 7.02. The van der Waals surface area contributed by atoms with Crippen LogP contribution in [0.5, 0.6) is 5.75 Å². The summed E-state index contributed by atoms with van der Waals surface area (Å²) in [5, 5.41) is 14.5. The molecule has 4 heteroatoms. The van der Waals surface area contributed by atoms with Gasteiger partial charge in [-0.15, -0.1) is 0 Å². The Morgan fingerprint density at radius 3 is 2.45 bits per heavy atom. The van der Waals surface area contributed by atoms with Gasteiger partial charge in [-0.25, -0.2) is 0 Å². The van der Waals surface area contributed by atoms with E-state index in [1.807, 2.05) is 50.2 Å². The highest BCUT2D eigenvalue weighted by molar-refractivity contribution is 5.71. The Kier molecular flexibility index (Phi) is 3.51. The van der Waals surface area contributed by atoms with Gasteiger partial charge in [0.25, 0.3) is 5.56 Å². The lowest BCUT2D eigenvalue weighted by Crippen LogP contribution is -2.19. The summed E-state index contributed by atoms with van der Waals surface area (Å²) >= 11 is 0. The van der Waals surface area contributed by atoms with E-state index in [0.717, 1.165) is 11.1 Å². The number of benzene rings is 2. The maximum Gasteiger partial charge on any atom is 0.272 e. The maximum absolute atomic E-state index is 12.3. The van der Waals surface area contributed by atoms with Gasteiger partial charge >= 0.3 is 0 Å². The lowest BCUT2D eigenvalue weighted by Gasteiger charge is -2.10. The van der Waals surface area contributed by atoms with Crippen LogP contribution in [0.2, 0.25) is 0 Å². The number of rotatable bonds is 2. The molecule has 0 spiro atoms. The van der Waals surface area contributed by atoms with Gasteiger partial charge in [-0.1, -0.05) is 30.3 Å². The molecule has 2 aromatic carbocycles. The molecule has 0 aliphatic carbocycles. The molecule has 1 aromatic heterocycles. The number of aromatic hydroxyl groups is 1. The number of phenols is 1. The molecular formula is C18H16N2O2. The monoisotopic (exact) mass is 292 g/mol. The number of para-hydroxylation sites is 1. The minimum Gasteiger partial charge on any atom is -0.507 e. The molecule has 0 saturated heterocycles. The van der Waals surface area contributed by atoms with Crippen LogP contribution in [0.4, 0.5) is 0 Å². The lowest BCUT2D eigenvalue weighted by molar-refractivity contribution is 0.472. The zero-order chi connectivity index (χ0) is 15.7. The Morgan fingerprint density at radius 2 is 1.77 bits per heavy atom. The van der Waals surface area contributed by atoms with E-state index in [1.165, 1.54) is 10.7 Å². The average Bonchev–Trinajstić information content (AvgIpc) is 2.53. The Bertz CT molecular complexity index is 883. The highest BCUT2D eigenvalue weighted by Crippen LogP contribution is 2.32. The highest BCUT2D eigenvalue weighted by atomic mass is 16.3. The van der Waals surface area contributed by atoms with Gasteiger partial charge in [-0.05, 0) is 37.1 Å². The molecular weight excluding hydrogens is 276 g/mol. The molecule has 0 aliphatic rings. The van der Waals surface area contributed by atoms with Crippen LogP contribution in [-0.2, 0) is 0 Å². The molecule has 0 amide bonds. The predicted octanol–water partition coefficient (Wildman–Crippen LogP) is 3.22. The molecule has 110 valence electrons. The summed E-state index contributed by atoms with van der Waals surface area (Å²) in [4.78, 5) is 12.3. The predicted molar refractivity (Wildman–Crippen MR) is 86.4 cm³/mol. The molecule has 0 unspecified atom stereocenters. The summed E-state index contributed by atoms with van der Waals surface area (Å²) < 4.78 is 1.33. The molecule has 3 aromatic rings. The number of aromatic nitrogens is 2. The van der Waals surface area contributed by atoms with E-state index in [9.17, 15) is 9.90 Å². The van der Waals surface area contributed by atoms with Crippen LogP contribution in [0.25, 0.3) is 16.8 Å². The maximum atomic E-state index is 12.3. The molecule has 0 saturated carbocycles. The summed E-state index contributed by atoms with van der Waals surface area (Å²) in [6.07, 6.45) is 1.60. The Hall–Kier alpha value is -2.88. The Labute approximate surface area is 128 Å². The number of aryl methyl sites for hydroxylation is 1. The second-order valence-corrected chi connectivity index (χ2v) is 5.23. The molecule has 22 heavy (non-hydrogen) atoms. The minimum absolute atomic E-state index is 0.193. The van der Waals surface area contributed by atoms with E-state index < -0.39 is 0 Å². The van der Waals surface area contributed by atoms with Gasteiger partial charge in [0, 0.05) is 17.2 Å². The summed E-state index contributed by atoms with van der Waals surface area (Å²) in [5.74, 6) is 0.193. The van der Waals surface area contributed by atoms with Crippen LogP contribution in [0.3, 0.4) is 0 Å². The fourth-order valence-corrected chi connectivity index (χ4v) is 2.35. The van der Waals surface area contributed by atoms with Crippen molar-refractivity contribution in [3.63, 3.8) is 0 Å². The van der Waals surface area contributed by atoms with E-state index in [-0.39, 0.29) is 11.3 Å². The largest absolute Gasteiger partial charge is 0.507 e. The first-order valence-electron chi connectivity index (χ1n) is 7.02. The topological polar surface area (TPSA) is 55.1 Å². The summed E-state index contributed by atoms with van der Waals surface area (Å²) in [7, 11) is 0. The third kappa shape index (κ3) is 2.39. The first-order chi connectivity index (χ1) is 10.6. The molecule has 1 N–H and O–H groups in total. The summed E-state index contributed by atoms with van der Waals surface area (Å²) in [6, 6.07) is 14.5. The fraction of sp³-hybridized carbons (Fsp3) is 0.111. The van der Waals surface area contributed by atoms with Gasteiger partial charge in [0.15, 0.2) is 0 Å². The van der Waals surface area contributed by atoms with Gasteiger partial charge in [-0.3, -0.25) is 4.79 Å². The van der Waals surface area contributed by atoms with Crippen molar-refractivity contribution in [2.24, 2.45) is 0 Å². The van der Waals surface area contributed by atoms with Crippen LogP contribution in [0, 0.1) is 13.8 Å². The van der Waals surface area contributed by atoms with Crippen LogP contribution >= 0.6 is 0 Å². The number of phenolic OH excluding ortho intramolecular Hbond substituents is 1. The SMILES string of the molecule is Cc1ccc(-c2cnn(-c3ccccc3)c(=O)c2)c(O)c1C. The Balaban J connectivity index is 2.11. The average molecular weight is 292 g/mol. The molecule has 0 aliphatic heterocycles. The molecule has 4 nitrogen and oxygen atoms in total. The molecule has 3 rings (SSSR count). The molecule has 1 heterocycles. The van der Waals surface area contributed by atoms with Crippen molar-refractivity contribution in [1.29, 1.82) is 0 Å². The third-order valence-electron chi connectivity index (χ3n) is 3.81. The first kappa shape index (κ1) is 14.1. The molecule has 0 atom stereocenters. The smallest absolute Gasteiger partial charge is 0.272 e. The standard InChI is InChI=1S/C18H16N2O2/c1-12-8-9-16(18(22)13(12)2)14-10-17(21)20(19-11-14)15-6-4-3-5-7-15/h3-11,22H,1-2H3. The van der Waals surface area contributed by atoms with Crippen LogP contribution in [0.15, 0.2) is 59.5 Å². The molecule has 0 radical (unpaired) electrons. The third-order valence-corrected chi connectivity index (χ3v) is 3.81. The van der Waals surface area contributed by atoms with E-state index in [1.54, 1.807) is 12.3 Å². The fourth-order valence-electron chi connectivity index (χ4n) is 2.35. The minimum atomic E-state index is -0.235. The number of nitrogens with zero attached hydrogens (tertiary/aromatic N) is 2. The van der Waals surface area contributed by atoms with E-state index in [0.29, 0.717) is 16.8 Å². The second kappa shape index (κ2) is 5.48. The van der Waals surface area contributed by atoms with Crippen molar-refractivity contribution in [1.82, 2.24) is 9.78 Å². The van der Waals surface area contributed by atoms with Gasteiger partial charge in [-0.2, -0.15) is 9.78 Å².